The summed E-state index contributed by atoms with van der Waals surface area (Å²) in [4.78, 5) is 33.4. The van der Waals surface area contributed by atoms with Gasteiger partial charge >= 0.3 is 0 Å². The molecule has 2 saturated heterocycles. The van der Waals surface area contributed by atoms with Crippen LogP contribution in [-0.2, 0) is 0 Å². The van der Waals surface area contributed by atoms with E-state index >= 15 is 0 Å². The van der Waals surface area contributed by atoms with Crippen molar-refractivity contribution in [3.05, 3.63) is 22.1 Å². The molecule has 2 aromatic rings. The number of nitrogens with zero attached hydrogens (tertiary/aromatic N) is 5. The second-order valence-electron chi connectivity index (χ2n) is 6.56. The van der Waals surface area contributed by atoms with E-state index in [2.05, 4.69) is 25.2 Å². The van der Waals surface area contributed by atoms with Crippen LogP contribution in [0, 0.1) is 0 Å². The molecule has 0 saturated carbocycles. The molecule has 2 aliphatic rings. The fourth-order valence-corrected chi connectivity index (χ4v) is 4.39. The predicted octanol–water partition coefficient (Wildman–Crippen LogP) is 0.577. The lowest BCUT2D eigenvalue weighted by Crippen LogP contribution is -2.35. The SMILES string of the molecule is O=C(NCCN1CCCC1)c1cc(=O)nc2sc(N3CCCC3)nn12. The zero-order chi connectivity index (χ0) is 17.2. The highest BCUT2D eigenvalue weighted by molar-refractivity contribution is 7.20. The highest BCUT2D eigenvalue weighted by Crippen LogP contribution is 2.25. The third kappa shape index (κ3) is 3.52. The Bertz CT molecular complexity index is 820. The summed E-state index contributed by atoms with van der Waals surface area (Å²) in [5.74, 6) is -0.271. The number of nitrogens with one attached hydrogen (secondary N) is 1. The fourth-order valence-electron chi connectivity index (χ4n) is 3.43. The fraction of sp³-hybridized carbons (Fsp3) is 0.625. The Morgan fingerprint density at radius 1 is 1.16 bits per heavy atom. The minimum atomic E-state index is -0.402. The van der Waals surface area contributed by atoms with Gasteiger partial charge in [-0.2, -0.15) is 9.50 Å². The Balaban J connectivity index is 1.52. The zero-order valence-electron chi connectivity index (χ0n) is 14.1. The lowest BCUT2D eigenvalue weighted by Gasteiger charge is -2.14. The number of hydrogen-bond donors (Lipinski definition) is 1. The molecule has 2 aliphatic heterocycles. The van der Waals surface area contributed by atoms with E-state index in [-0.39, 0.29) is 11.6 Å². The van der Waals surface area contributed by atoms with E-state index in [0.717, 1.165) is 50.7 Å². The van der Waals surface area contributed by atoms with Crippen molar-refractivity contribution in [2.24, 2.45) is 0 Å². The van der Waals surface area contributed by atoms with Crippen LogP contribution in [0.4, 0.5) is 5.13 Å². The molecule has 134 valence electrons. The topological polar surface area (TPSA) is 82.8 Å². The summed E-state index contributed by atoms with van der Waals surface area (Å²) in [5, 5.41) is 8.26. The first kappa shape index (κ1) is 16.5. The van der Waals surface area contributed by atoms with Crippen LogP contribution >= 0.6 is 11.3 Å². The van der Waals surface area contributed by atoms with Crippen LogP contribution in [0.1, 0.15) is 36.2 Å². The van der Waals surface area contributed by atoms with Gasteiger partial charge in [0.1, 0.15) is 5.69 Å². The van der Waals surface area contributed by atoms with Crippen molar-refractivity contribution < 1.29 is 4.79 Å². The van der Waals surface area contributed by atoms with Crippen LogP contribution in [0.3, 0.4) is 0 Å². The van der Waals surface area contributed by atoms with Gasteiger partial charge in [-0.25, -0.2) is 0 Å². The van der Waals surface area contributed by atoms with Crippen LogP contribution in [-0.4, -0.2) is 64.7 Å². The van der Waals surface area contributed by atoms with Gasteiger partial charge in [0.15, 0.2) is 0 Å². The maximum Gasteiger partial charge on any atom is 0.274 e. The molecule has 4 heterocycles. The van der Waals surface area contributed by atoms with Crippen molar-refractivity contribution in [3.63, 3.8) is 0 Å². The zero-order valence-corrected chi connectivity index (χ0v) is 14.9. The van der Waals surface area contributed by atoms with Gasteiger partial charge in [-0.15, -0.1) is 5.10 Å². The summed E-state index contributed by atoms with van der Waals surface area (Å²) in [5.41, 5.74) is -0.139. The Labute approximate surface area is 149 Å². The molecular weight excluding hydrogens is 340 g/mol. The Morgan fingerprint density at radius 3 is 2.64 bits per heavy atom. The molecule has 4 rings (SSSR count). The smallest absolute Gasteiger partial charge is 0.274 e. The van der Waals surface area contributed by atoms with Gasteiger partial charge in [-0.05, 0) is 38.8 Å². The van der Waals surface area contributed by atoms with Crippen molar-refractivity contribution in [1.82, 2.24) is 24.8 Å². The van der Waals surface area contributed by atoms with Crippen LogP contribution in [0.5, 0.6) is 0 Å². The monoisotopic (exact) mass is 362 g/mol. The number of amides is 1. The van der Waals surface area contributed by atoms with E-state index in [1.165, 1.54) is 34.8 Å². The molecule has 1 amide bonds. The molecule has 8 nitrogen and oxygen atoms in total. The summed E-state index contributed by atoms with van der Waals surface area (Å²) in [6.07, 6.45) is 4.74. The van der Waals surface area contributed by atoms with E-state index in [4.69, 9.17) is 0 Å². The average molecular weight is 362 g/mol. The summed E-state index contributed by atoms with van der Waals surface area (Å²) < 4.78 is 1.50. The first-order valence-corrected chi connectivity index (χ1v) is 9.69. The predicted molar refractivity (Wildman–Crippen MR) is 96.6 cm³/mol. The van der Waals surface area contributed by atoms with Crippen molar-refractivity contribution in [3.8, 4) is 0 Å². The minimum Gasteiger partial charge on any atom is -0.349 e. The van der Waals surface area contributed by atoms with Crippen molar-refractivity contribution in [2.75, 3.05) is 44.2 Å². The molecule has 2 aromatic heterocycles. The van der Waals surface area contributed by atoms with Crippen molar-refractivity contribution in [2.45, 2.75) is 25.7 Å². The average Bonchev–Trinajstić information content (AvgIpc) is 3.34. The third-order valence-electron chi connectivity index (χ3n) is 4.77. The molecule has 0 spiro atoms. The summed E-state index contributed by atoms with van der Waals surface area (Å²) in [6, 6.07) is 1.27. The molecule has 0 unspecified atom stereocenters. The number of fused-ring (bicyclic) bond motifs is 1. The number of likely N-dealkylation sites (tertiary alicyclic amines) is 1. The molecule has 9 heteroatoms. The van der Waals surface area contributed by atoms with Crippen LogP contribution in [0.15, 0.2) is 10.9 Å². The van der Waals surface area contributed by atoms with Gasteiger partial charge < -0.3 is 15.1 Å². The first-order valence-electron chi connectivity index (χ1n) is 8.87. The van der Waals surface area contributed by atoms with Gasteiger partial charge in [0.25, 0.3) is 11.5 Å². The van der Waals surface area contributed by atoms with E-state index in [1.807, 2.05) is 0 Å². The Morgan fingerprint density at radius 2 is 1.88 bits per heavy atom. The molecule has 2 fully saturated rings. The maximum absolute atomic E-state index is 12.5. The lowest BCUT2D eigenvalue weighted by molar-refractivity contribution is 0.0942. The molecule has 25 heavy (non-hydrogen) atoms. The van der Waals surface area contributed by atoms with Crippen LogP contribution < -0.4 is 15.8 Å². The number of anilines is 1. The Kier molecular flexibility index (Phi) is 4.67. The van der Waals surface area contributed by atoms with Crippen molar-refractivity contribution in [1.29, 1.82) is 0 Å². The molecule has 0 radical (unpaired) electrons. The molecular formula is C16H22N6O2S. The van der Waals surface area contributed by atoms with E-state index < -0.39 is 5.56 Å². The number of hydrogen-bond acceptors (Lipinski definition) is 7. The highest BCUT2D eigenvalue weighted by Gasteiger charge is 2.20. The quantitative estimate of drug-likeness (QED) is 0.838. The van der Waals surface area contributed by atoms with Crippen LogP contribution in [0.2, 0.25) is 0 Å². The molecule has 0 atom stereocenters. The van der Waals surface area contributed by atoms with Gasteiger partial charge in [0, 0.05) is 32.2 Å². The number of rotatable bonds is 5. The van der Waals surface area contributed by atoms with Gasteiger partial charge in [-0.1, -0.05) is 11.3 Å². The normalized spacial score (nSPS) is 18.3. The number of carbonyl (C=O) groups is 1. The molecule has 0 aliphatic carbocycles. The Hall–Kier alpha value is -2.00. The van der Waals surface area contributed by atoms with E-state index in [1.54, 1.807) is 0 Å². The lowest BCUT2D eigenvalue weighted by atomic mass is 10.3. The second-order valence-corrected chi connectivity index (χ2v) is 7.49. The maximum atomic E-state index is 12.5. The molecule has 1 N–H and O–H groups in total. The molecule has 0 bridgehead atoms. The van der Waals surface area contributed by atoms with Gasteiger partial charge in [0.2, 0.25) is 10.1 Å². The van der Waals surface area contributed by atoms with Crippen LogP contribution in [0.25, 0.3) is 4.96 Å². The summed E-state index contributed by atoms with van der Waals surface area (Å²) in [7, 11) is 0. The largest absolute Gasteiger partial charge is 0.349 e. The second kappa shape index (κ2) is 7.09. The summed E-state index contributed by atoms with van der Waals surface area (Å²) >= 11 is 1.36. The van der Waals surface area contributed by atoms with E-state index in [0.29, 0.717) is 11.5 Å². The van der Waals surface area contributed by atoms with Gasteiger partial charge in [0.05, 0.1) is 0 Å². The number of aromatic nitrogens is 3. The van der Waals surface area contributed by atoms with Crippen molar-refractivity contribution >= 4 is 27.3 Å². The minimum absolute atomic E-state index is 0.262. The van der Waals surface area contributed by atoms with E-state index in [9.17, 15) is 9.59 Å². The van der Waals surface area contributed by atoms with Gasteiger partial charge in [-0.3, -0.25) is 9.59 Å². The highest BCUT2D eigenvalue weighted by atomic mass is 32.1. The first-order chi connectivity index (χ1) is 12.2. The summed E-state index contributed by atoms with van der Waals surface area (Å²) in [6.45, 7) is 5.52. The molecule has 0 aromatic carbocycles. The standard InChI is InChI=1S/C16H22N6O2S/c23-13-11-12(14(24)17-5-10-20-6-1-2-7-20)22-15(18-13)25-16(19-22)21-8-3-4-9-21/h11H,1-10H2,(H,17,24). The number of carbonyl (C=O) groups excluding carboxylic acids is 1. The third-order valence-corrected chi connectivity index (χ3v) is 5.73.